The van der Waals surface area contributed by atoms with E-state index in [1.54, 1.807) is 51.3 Å². The Morgan fingerprint density at radius 2 is 1.77 bits per heavy atom. The number of aryl methyl sites for hydroxylation is 2. The number of amides is 2. The van der Waals surface area contributed by atoms with E-state index in [1.807, 2.05) is 26.8 Å². The Bertz CT molecular complexity index is 933. The molecule has 30 heavy (non-hydrogen) atoms. The first-order valence-electron chi connectivity index (χ1n) is 9.83. The van der Waals surface area contributed by atoms with Crippen molar-refractivity contribution < 1.29 is 14.3 Å². The zero-order chi connectivity index (χ0) is 22.5. The summed E-state index contributed by atoms with van der Waals surface area (Å²) in [4.78, 5) is 37.5. The lowest BCUT2D eigenvalue weighted by atomic mass is 10.0. The first-order chi connectivity index (χ1) is 14.1. The van der Waals surface area contributed by atoms with E-state index in [4.69, 9.17) is 4.74 Å². The molecular weight excluding hydrogens is 382 g/mol. The summed E-state index contributed by atoms with van der Waals surface area (Å²) in [7, 11) is 1.55. The molecule has 1 N–H and O–H groups in total. The Kier molecular flexibility index (Phi) is 7.32. The Morgan fingerprint density at radius 1 is 1.13 bits per heavy atom. The summed E-state index contributed by atoms with van der Waals surface area (Å²) >= 11 is 0. The maximum atomic E-state index is 13.4. The van der Waals surface area contributed by atoms with Crippen LogP contribution in [0.4, 0.5) is 0 Å². The second-order valence-corrected chi connectivity index (χ2v) is 7.90. The van der Waals surface area contributed by atoms with E-state index in [0.717, 1.165) is 16.7 Å². The summed E-state index contributed by atoms with van der Waals surface area (Å²) in [5, 5.41) is 4.16. The molecule has 7 heteroatoms. The average Bonchev–Trinajstić information content (AvgIpc) is 2.69. The molecular formula is C23H29N3O4. The summed E-state index contributed by atoms with van der Waals surface area (Å²) in [5.74, 6) is -0.265. The molecule has 0 aliphatic rings. The Balaban J connectivity index is 2.48. The number of hydrogen-bond donors (Lipinski definition) is 1. The number of methoxy groups -OCH3 is 1. The molecule has 0 fully saturated rings. The predicted molar refractivity (Wildman–Crippen MR) is 117 cm³/mol. The summed E-state index contributed by atoms with van der Waals surface area (Å²) in [6.07, 6.45) is 0.580. The number of nitrogens with one attached hydrogen (secondary N) is 1. The third-order valence-electron chi connectivity index (χ3n) is 4.89. The van der Waals surface area contributed by atoms with E-state index in [1.165, 1.54) is 5.01 Å². The molecule has 0 aliphatic carbocycles. The smallest absolute Gasteiger partial charge is 0.272 e. The number of rotatable bonds is 7. The number of carbonyl (C=O) groups is 2. The van der Waals surface area contributed by atoms with Gasteiger partial charge in [-0.2, -0.15) is 4.91 Å². The predicted octanol–water partition coefficient (Wildman–Crippen LogP) is 4.21. The van der Waals surface area contributed by atoms with Gasteiger partial charge in [-0.25, -0.2) is 5.01 Å². The van der Waals surface area contributed by atoms with Gasteiger partial charge in [0.05, 0.1) is 12.6 Å². The molecule has 2 aromatic rings. The number of carbonyl (C=O) groups excluding carboxylic acids is 2. The van der Waals surface area contributed by atoms with Crippen molar-refractivity contribution in [3.05, 3.63) is 69.1 Å². The maximum Gasteiger partial charge on any atom is 0.272 e. The largest absolute Gasteiger partial charge is 0.496 e. The molecule has 0 unspecified atom stereocenters. The van der Waals surface area contributed by atoms with Crippen molar-refractivity contribution >= 4 is 11.8 Å². The minimum atomic E-state index is -1.03. The van der Waals surface area contributed by atoms with Crippen LogP contribution in [0.5, 0.6) is 5.75 Å². The molecule has 0 spiro atoms. The number of nitrogens with zero attached hydrogens (tertiary/aromatic N) is 2. The van der Waals surface area contributed by atoms with Crippen molar-refractivity contribution in [3.63, 3.8) is 0 Å². The highest BCUT2D eigenvalue weighted by Gasteiger charge is 2.34. The van der Waals surface area contributed by atoms with Crippen LogP contribution in [0.2, 0.25) is 0 Å². The van der Waals surface area contributed by atoms with Crippen LogP contribution in [-0.4, -0.2) is 36.0 Å². The van der Waals surface area contributed by atoms with Gasteiger partial charge < -0.3 is 4.74 Å². The Labute approximate surface area is 177 Å². The van der Waals surface area contributed by atoms with Crippen LogP contribution in [0.25, 0.3) is 0 Å². The molecule has 2 amide bonds. The van der Waals surface area contributed by atoms with Crippen molar-refractivity contribution in [1.82, 2.24) is 10.4 Å². The Hall–Kier alpha value is -3.22. The topological polar surface area (TPSA) is 88.1 Å². The van der Waals surface area contributed by atoms with Crippen LogP contribution in [0.15, 0.2) is 41.6 Å². The molecule has 2 rings (SSSR count). The van der Waals surface area contributed by atoms with Gasteiger partial charge >= 0.3 is 0 Å². The third kappa shape index (κ3) is 5.03. The van der Waals surface area contributed by atoms with Gasteiger partial charge in [-0.3, -0.25) is 15.0 Å². The third-order valence-corrected chi connectivity index (χ3v) is 4.89. The minimum absolute atomic E-state index is 0.178. The molecule has 2 aromatic carbocycles. The number of ether oxygens (including phenoxy) is 1. The van der Waals surface area contributed by atoms with Crippen molar-refractivity contribution in [1.29, 1.82) is 0 Å². The second-order valence-electron chi connectivity index (χ2n) is 7.90. The SMILES string of the molecule is CCc1c(OC)cccc1C(=O)NN(C(=O)c1cc(C)cc(C)c1)C(C)(C)CN=O. The van der Waals surface area contributed by atoms with Crippen LogP contribution in [0.1, 0.15) is 58.2 Å². The quantitative estimate of drug-likeness (QED) is 0.546. The highest BCUT2D eigenvalue weighted by Crippen LogP contribution is 2.24. The van der Waals surface area contributed by atoms with Crippen LogP contribution < -0.4 is 10.2 Å². The fourth-order valence-electron chi connectivity index (χ4n) is 3.43. The highest BCUT2D eigenvalue weighted by atomic mass is 16.5. The van der Waals surface area contributed by atoms with Gasteiger partial charge in [0.15, 0.2) is 0 Å². The molecule has 0 heterocycles. The molecule has 0 saturated heterocycles. The van der Waals surface area contributed by atoms with E-state index < -0.39 is 17.4 Å². The van der Waals surface area contributed by atoms with Crippen molar-refractivity contribution in [2.75, 3.05) is 13.7 Å². The standard InChI is InChI=1S/C23H29N3O4/c1-7-18-19(9-8-10-20(18)30-6)21(27)25-26(23(4,5)14-24-29)22(28)17-12-15(2)11-16(3)13-17/h8-13H,7,14H2,1-6H3,(H,25,27). The van der Waals surface area contributed by atoms with E-state index in [0.29, 0.717) is 23.3 Å². The van der Waals surface area contributed by atoms with Crippen LogP contribution in [0.3, 0.4) is 0 Å². The molecule has 0 atom stereocenters. The fourth-order valence-corrected chi connectivity index (χ4v) is 3.43. The van der Waals surface area contributed by atoms with E-state index in [-0.39, 0.29) is 6.54 Å². The van der Waals surface area contributed by atoms with Gasteiger partial charge in [0.2, 0.25) is 0 Å². The Morgan fingerprint density at radius 3 is 2.30 bits per heavy atom. The number of benzene rings is 2. The van der Waals surface area contributed by atoms with Crippen molar-refractivity contribution in [2.45, 2.75) is 46.6 Å². The molecule has 0 saturated carbocycles. The molecule has 160 valence electrons. The number of hydrogen-bond acceptors (Lipinski definition) is 5. The minimum Gasteiger partial charge on any atom is -0.496 e. The van der Waals surface area contributed by atoms with E-state index >= 15 is 0 Å². The molecule has 0 aliphatic heterocycles. The lowest BCUT2D eigenvalue weighted by molar-refractivity contribution is 0.0336. The van der Waals surface area contributed by atoms with Gasteiger partial charge in [0.25, 0.3) is 11.8 Å². The van der Waals surface area contributed by atoms with Gasteiger partial charge in [0, 0.05) is 16.7 Å². The molecule has 0 bridgehead atoms. The van der Waals surface area contributed by atoms with Gasteiger partial charge in [-0.05, 0) is 58.4 Å². The zero-order valence-corrected chi connectivity index (χ0v) is 18.4. The molecule has 7 nitrogen and oxygen atoms in total. The van der Waals surface area contributed by atoms with Gasteiger partial charge in [0.1, 0.15) is 12.3 Å². The van der Waals surface area contributed by atoms with Crippen molar-refractivity contribution in [3.8, 4) is 5.75 Å². The normalized spacial score (nSPS) is 11.0. The first kappa shape index (κ1) is 23.1. The summed E-state index contributed by atoms with van der Waals surface area (Å²) < 4.78 is 5.36. The van der Waals surface area contributed by atoms with E-state index in [9.17, 15) is 14.5 Å². The molecule has 0 aromatic heterocycles. The van der Waals surface area contributed by atoms with Crippen LogP contribution in [-0.2, 0) is 6.42 Å². The molecule has 0 radical (unpaired) electrons. The maximum absolute atomic E-state index is 13.4. The average molecular weight is 412 g/mol. The zero-order valence-electron chi connectivity index (χ0n) is 18.4. The summed E-state index contributed by atoms with van der Waals surface area (Å²) in [6, 6.07) is 10.7. The summed E-state index contributed by atoms with van der Waals surface area (Å²) in [6.45, 7) is 8.90. The number of nitroso groups, excluding NO2 is 1. The fraction of sp³-hybridized carbons (Fsp3) is 0.391. The van der Waals surface area contributed by atoms with Crippen molar-refractivity contribution in [2.24, 2.45) is 5.18 Å². The number of hydrazine groups is 1. The van der Waals surface area contributed by atoms with Gasteiger partial charge in [-0.1, -0.05) is 35.4 Å². The highest BCUT2D eigenvalue weighted by molar-refractivity contribution is 6.00. The lowest BCUT2D eigenvalue weighted by Crippen LogP contribution is -2.58. The van der Waals surface area contributed by atoms with E-state index in [2.05, 4.69) is 10.6 Å². The lowest BCUT2D eigenvalue weighted by Gasteiger charge is -2.37. The van der Waals surface area contributed by atoms with Crippen LogP contribution >= 0.6 is 0 Å². The first-order valence-corrected chi connectivity index (χ1v) is 9.83. The van der Waals surface area contributed by atoms with Gasteiger partial charge in [-0.15, -0.1) is 0 Å². The summed E-state index contributed by atoms with van der Waals surface area (Å²) in [5.41, 5.74) is 5.11. The second kappa shape index (κ2) is 9.52. The monoisotopic (exact) mass is 411 g/mol. The van der Waals surface area contributed by atoms with Crippen LogP contribution in [0, 0.1) is 18.8 Å².